The molecule has 128 valence electrons. The van der Waals surface area contributed by atoms with Crippen LogP contribution in [0.5, 0.6) is 0 Å². The number of hydrogen-bond acceptors (Lipinski definition) is 4. The monoisotopic (exact) mass is 400 g/mol. The Labute approximate surface area is 153 Å². The molecule has 1 unspecified atom stereocenters. The normalized spacial score (nSPS) is 17.6. The van der Waals surface area contributed by atoms with E-state index in [-0.39, 0.29) is 12.1 Å². The third kappa shape index (κ3) is 3.29. The van der Waals surface area contributed by atoms with E-state index in [0.717, 1.165) is 41.2 Å². The number of anilines is 1. The average Bonchev–Trinajstić information content (AvgIpc) is 3.02. The van der Waals surface area contributed by atoms with Gasteiger partial charge in [0.05, 0.1) is 17.4 Å². The lowest BCUT2D eigenvalue weighted by Crippen LogP contribution is -2.20. The van der Waals surface area contributed by atoms with Crippen LogP contribution in [0.2, 0.25) is 0 Å². The maximum absolute atomic E-state index is 12.8. The van der Waals surface area contributed by atoms with Crippen molar-refractivity contribution in [3.8, 4) is 0 Å². The number of carbonyl (C=O) groups excluding carboxylic acids is 1. The first-order valence-corrected chi connectivity index (χ1v) is 9.02. The number of pyridine rings is 1. The first-order chi connectivity index (χ1) is 12.2. The molecule has 1 saturated heterocycles. The van der Waals surface area contributed by atoms with Crippen molar-refractivity contribution in [2.75, 3.05) is 11.9 Å². The van der Waals surface area contributed by atoms with Crippen LogP contribution < -0.4 is 5.32 Å². The van der Waals surface area contributed by atoms with Gasteiger partial charge in [-0.05, 0) is 49.6 Å². The van der Waals surface area contributed by atoms with Crippen LogP contribution in [0.15, 0.2) is 47.2 Å². The van der Waals surface area contributed by atoms with Crippen LogP contribution >= 0.6 is 15.9 Å². The van der Waals surface area contributed by atoms with Crippen molar-refractivity contribution >= 4 is 38.4 Å². The van der Waals surface area contributed by atoms with Crippen LogP contribution in [0, 0.1) is 0 Å². The molecule has 2 aromatic heterocycles. The lowest BCUT2D eigenvalue weighted by Gasteiger charge is -2.23. The number of hydrogen-bond donors (Lipinski definition) is 1. The molecule has 0 aliphatic carbocycles. The van der Waals surface area contributed by atoms with Crippen molar-refractivity contribution in [3.05, 3.63) is 52.9 Å². The minimum absolute atomic E-state index is 0.127. The third-order valence-electron chi connectivity index (χ3n) is 4.23. The van der Waals surface area contributed by atoms with E-state index in [2.05, 4.69) is 31.3 Å². The second-order valence-corrected chi connectivity index (χ2v) is 6.89. The van der Waals surface area contributed by atoms with Crippen LogP contribution in [0.4, 0.5) is 5.69 Å². The molecule has 1 aliphatic rings. The van der Waals surface area contributed by atoms with Gasteiger partial charge in [0.2, 0.25) is 0 Å². The minimum atomic E-state index is -0.259. The van der Waals surface area contributed by atoms with Crippen LogP contribution in [-0.4, -0.2) is 27.3 Å². The number of ether oxygens (including phenoxy) is 1. The molecular formula is C18H17BrN4O2. The number of fused-ring (bicyclic) bond motifs is 1. The molecule has 3 aromatic rings. The highest BCUT2D eigenvalue weighted by atomic mass is 79.9. The van der Waals surface area contributed by atoms with Gasteiger partial charge in [-0.3, -0.25) is 9.78 Å². The van der Waals surface area contributed by atoms with Crippen LogP contribution in [0.25, 0.3) is 10.9 Å². The molecule has 6 nitrogen and oxygen atoms in total. The fraction of sp³-hybridized carbons (Fsp3) is 0.278. The summed E-state index contributed by atoms with van der Waals surface area (Å²) >= 11 is 3.48. The average molecular weight is 401 g/mol. The smallest absolute Gasteiger partial charge is 0.276 e. The van der Waals surface area contributed by atoms with E-state index in [9.17, 15) is 4.79 Å². The highest BCUT2D eigenvalue weighted by Crippen LogP contribution is 2.30. The van der Waals surface area contributed by atoms with E-state index in [1.807, 2.05) is 22.9 Å². The first kappa shape index (κ1) is 16.2. The summed E-state index contributed by atoms with van der Waals surface area (Å²) in [6.45, 7) is 0.722. The topological polar surface area (TPSA) is 69.0 Å². The van der Waals surface area contributed by atoms with E-state index < -0.39 is 0 Å². The van der Waals surface area contributed by atoms with Gasteiger partial charge >= 0.3 is 0 Å². The van der Waals surface area contributed by atoms with Crippen molar-refractivity contribution in [2.24, 2.45) is 0 Å². The number of rotatable bonds is 3. The molecule has 4 rings (SSSR count). The molecule has 0 spiro atoms. The summed E-state index contributed by atoms with van der Waals surface area (Å²) in [5, 5.41) is 8.24. The summed E-state index contributed by atoms with van der Waals surface area (Å²) < 4.78 is 8.60. The Morgan fingerprint density at radius 1 is 1.32 bits per heavy atom. The van der Waals surface area contributed by atoms with Crippen molar-refractivity contribution < 1.29 is 9.53 Å². The second kappa shape index (κ2) is 6.93. The molecule has 1 aromatic carbocycles. The predicted octanol–water partition coefficient (Wildman–Crippen LogP) is 4.15. The van der Waals surface area contributed by atoms with Gasteiger partial charge in [0.1, 0.15) is 0 Å². The van der Waals surface area contributed by atoms with Crippen LogP contribution in [0.1, 0.15) is 36.0 Å². The number of nitrogens with zero attached hydrogens (tertiary/aromatic N) is 3. The van der Waals surface area contributed by atoms with Gasteiger partial charge < -0.3 is 10.1 Å². The maximum atomic E-state index is 12.8. The Hall–Kier alpha value is -2.25. The Morgan fingerprint density at radius 3 is 3.00 bits per heavy atom. The zero-order valence-corrected chi connectivity index (χ0v) is 15.1. The zero-order chi connectivity index (χ0) is 17.2. The molecular weight excluding hydrogens is 384 g/mol. The van der Waals surface area contributed by atoms with Gasteiger partial charge in [0.15, 0.2) is 11.9 Å². The third-order valence-corrected chi connectivity index (χ3v) is 4.72. The molecule has 1 fully saturated rings. The summed E-state index contributed by atoms with van der Waals surface area (Å²) in [5.74, 6) is -0.259. The van der Waals surface area contributed by atoms with Crippen molar-refractivity contribution in [3.63, 3.8) is 0 Å². The van der Waals surface area contributed by atoms with Crippen LogP contribution in [-0.2, 0) is 4.74 Å². The Kier molecular flexibility index (Phi) is 4.50. The zero-order valence-electron chi connectivity index (χ0n) is 13.5. The fourth-order valence-corrected chi connectivity index (χ4v) is 3.41. The number of amides is 1. The van der Waals surface area contributed by atoms with Crippen LogP contribution in [0.3, 0.4) is 0 Å². The minimum Gasteiger partial charge on any atom is -0.356 e. The van der Waals surface area contributed by atoms with Gasteiger partial charge in [0, 0.05) is 22.7 Å². The second-order valence-electron chi connectivity index (χ2n) is 5.97. The van der Waals surface area contributed by atoms with Crippen molar-refractivity contribution in [1.82, 2.24) is 14.8 Å². The van der Waals surface area contributed by atoms with Crippen molar-refractivity contribution in [2.45, 2.75) is 25.5 Å². The van der Waals surface area contributed by atoms with E-state index in [0.29, 0.717) is 11.4 Å². The van der Waals surface area contributed by atoms with E-state index in [4.69, 9.17) is 4.74 Å². The quantitative estimate of drug-likeness (QED) is 0.716. The highest BCUT2D eigenvalue weighted by Gasteiger charge is 2.24. The summed E-state index contributed by atoms with van der Waals surface area (Å²) in [7, 11) is 0. The SMILES string of the molecule is O=C(Nc1cccnc1)c1nn(C2CCCCO2)c2ccc(Br)cc12. The summed E-state index contributed by atoms with van der Waals surface area (Å²) in [4.78, 5) is 16.8. The fourth-order valence-electron chi connectivity index (χ4n) is 3.04. The number of nitrogens with one attached hydrogen (secondary N) is 1. The molecule has 0 saturated carbocycles. The van der Waals surface area contributed by atoms with E-state index in [1.165, 1.54) is 0 Å². The Morgan fingerprint density at radius 2 is 2.24 bits per heavy atom. The lowest BCUT2D eigenvalue weighted by atomic mass is 10.1. The van der Waals surface area contributed by atoms with Crippen molar-refractivity contribution in [1.29, 1.82) is 0 Å². The van der Waals surface area contributed by atoms with E-state index >= 15 is 0 Å². The van der Waals surface area contributed by atoms with E-state index in [1.54, 1.807) is 24.5 Å². The van der Waals surface area contributed by atoms with Gasteiger partial charge in [-0.1, -0.05) is 15.9 Å². The lowest BCUT2D eigenvalue weighted by molar-refractivity contribution is -0.0367. The number of aromatic nitrogens is 3. The number of halogens is 1. The number of benzene rings is 1. The molecule has 0 radical (unpaired) electrons. The molecule has 1 atom stereocenters. The van der Waals surface area contributed by atoms with Gasteiger partial charge in [0.25, 0.3) is 5.91 Å². The molecule has 1 aliphatic heterocycles. The Balaban J connectivity index is 1.74. The van der Waals surface area contributed by atoms with Gasteiger partial charge in [-0.2, -0.15) is 5.10 Å². The van der Waals surface area contributed by atoms with Gasteiger partial charge in [-0.25, -0.2) is 4.68 Å². The summed E-state index contributed by atoms with van der Waals surface area (Å²) in [5.41, 5.74) is 1.92. The molecule has 25 heavy (non-hydrogen) atoms. The first-order valence-electron chi connectivity index (χ1n) is 8.23. The Bertz CT molecular complexity index is 904. The standard InChI is InChI=1S/C18H17BrN4O2/c19-12-6-7-15-14(10-12)17(18(24)21-13-4-3-8-20-11-13)22-23(15)16-5-1-2-9-25-16/h3-4,6-8,10-11,16H,1-2,5,9H2,(H,21,24). The molecule has 7 heteroatoms. The molecule has 1 amide bonds. The largest absolute Gasteiger partial charge is 0.356 e. The van der Waals surface area contributed by atoms with Gasteiger partial charge in [-0.15, -0.1) is 0 Å². The molecule has 1 N–H and O–H groups in total. The maximum Gasteiger partial charge on any atom is 0.276 e. The molecule has 3 heterocycles. The predicted molar refractivity (Wildman–Crippen MR) is 98.5 cm³/mol. The molecule has 0 bridgehead atoms. The number of carbonyl (C=O) groups is 1. The summed E-state index contributed by atoms with van der Waals surface area (Å²) in [6.07, 6.45) is 6.21. The highest BCUT2D eigenvalue weighted by molar-refractivity contribution is 9.10. The summed E-state index contributed by atoms with van der Waals surface area (Å²) in [6, 6.07) is 9.40.